The van der Waals surface area contributed by atoms with Crippen LogP contribution in [-0.2, 0) is 0 Å². The van der Waals surface area contributed by atoms with Crippen LogP contribution in [-0.4, -0.2) is 12.6 Å². The maximum absolute atomic E-state index is 13.3. The summed E-state index contributed by atoms with van der Waals surface area (Å²) in [5.41, 5.74) is 5.97. The minimum atomic E-state index is -0.939. The van der Waals surface area contributed by atoms with Crippen LogP contribution in [0.25, 0.3) is 0 Å². The summed E-state index contributed by atoms with van der Waals surface area (Å²) >= 11 is 0. The summed E-state index contributed by atoms with van der Waals surface area (Å²) in [6.07, 6.45) is 4.62. The molecule has 1 atom stereocenters. The Hall–Kier alpha value is -1.16. The second kappa shape index (κ2) is 5.45. The highest BCUT2D eigenvalue weighted by atomic mass is 19.2. The fourth-order valence-corrected chi connectivity index (χ4v) is 2.30. The van der Waals surface area contributed by atoms with Crippen molar-refractivity contribution in [2.24, 2.45) is 11.7 Å². The Morgan fingerprint density at radius 3 is 2.71 bits per heavy atom. The van der Waals surface area contributed by atoms with E-state index in [1.165, 1.54) is 25.0 Å². The van der Waals surface area contributed by atoms with Crippen LogP contribution < -0.4 is 10.5 Å². The van der Waals surface area contributed by atoms with E-state index < -0.39 is 11.6 Å². The minimum Gasteiger partial charge on any atom is -0.489 e. The van der Waals surface area contributed by atoms with Crippen LogP contribution in [0.3, 0.4) is 0 Å². The zero-order valence-corrected chi connectivity index (χ0v) is 9.66. The molecule has 1 aliphatic rings. The first-order valence-electron chi connectivity index (χ1n) is 6.01. The summed E-state index contributed by atoms with van der Waals surface area (Å²) in [7, 11) is 0. The van der Waals surface area contributed by atoms with Crippen molar-refractivity contribution in [3.05, 3.63) is 29.8 Å². The summed E-state index contributed by atoms with van der Waals surface area (Å²) < 4.78 is 31.5. The van der Waals surface area contributed by atoms with Gasteiger partial charge in [-0.05, 0) is 30.9 Å². The van der Waals surface area contributed by atoms with E-state index >= 15 is 0 Å². The molecule has 1 saturated carbocycles. The first-order chi connectivity index (χ1) is 8.18. The highest BCUT2D eigenvalue weighted by Crippen LogP contribution is 2.27. The van der Waals surface area contributed by atoms with Gasteiger partial charge in [-0.1, -0.05) is 18.9 Å². The summed E-state index contributed by atoms with van der Waals surface area (Å²) in [5, 5.41) is 0. The molecule has 0 radical (unpaired) electrons. The second-order valence-electron chi connectivity index (χ2n) is 4.57. The average Bonchev–Trinajstić information content (AvgIpc) is 2.84. The maximum atomic E-state index is 13.3. The SMILES string of the molecule is NC(COc1cccc(F)c1F)C1CCCC1. The molecule has 0 amide bonds. The van der Waals surface area contributed by atoms with Gasteiger partial charge in [0, 0.05) is 6.04 Å². The van der Waals surface area contributed by atoms with Gasteiger partial charge >= 0.3 is 0 Å². The molecule has 94 valence electrons. The van der Waals surface area contributed by atoms with E-state index in [-0.39, 0.29) is 18.4 Å². The molecule has 1 fully saturated rings. The molecular formula is C13H17F2NO. The van der Waals surface area contributed by atoms with E-state index in [4.69, 9.17) is 10.5 Å². The molecule has 1 aliphatic carbocycles. The van der Waals surface area contributed by atoms with Crippen LogP contribution in [0.5, 0.6) is 5.75 Å². The van der Waals surface area contributed by atoms with Crippen molar-refractivity contribution in [1.29, 1.82) is 0 Å². The number of ether oxygens (including phenoxy) is 1. The van der Waals surface area contributed by atoms with E-state index in [1.807, 2.05) is 0 Å². The molecule has 0 aromatic heterocycles. The lowest BCUT2D eigenvalue weighted by Crippen LogP contribution is -2.34. The van der Waals surface area contributed by atoms with Crippen LogP contribution in [0.15, 0.2) is 18.2 Å². The molecule has 0 spiro atoms. The van der Waals surface area contributed by atoms with E-state index in [2.05, 4.69) is 0 Å². The van der Waals surface area contributed by atoms with E-state index in [9.17, 15) is 8.78 Å². The van der Waals surface area contributed by atoms with Crippen molar-refractivity contribution >= 4 is 0 Å². The van der Waals surface area contributed by atoms with Crippen molar-refractivity contribution in [3.8, 4) is 5.75 Å². The zero-order valence-electron chi connectivity index (χ0n) is 9.66. The molecule has 2 nitrogen and oxygen atoms in total. The van der Waals surface area contributed by atoms with Gasteiger partial charge in [-0.15, -0.1) is 0 Å². The molecule has 4 heteroatoms. The highest BCUT2D eigenvalue weighted by Gasteiger charge is 2.22. The van der Waals surface area contributed by atoms with Crippen molar-refractivity contribution in [2.45, 2.75) is 31.7 Å². The molecule has 1 aromatic carbocycles. The third-order valence-corrected chi connectivity index (χ3v) is 3.35. The van der Waals surface area contributed by atoms with Crippen molar-refractivity contribution in [2.75, 3.05) is 6.61 Å². The summed E-state index contributed by atoms with van der Waals surface area (Å²) in [5.74, 6) is -1.44. The molecule has 0 heterocycles. The van der Waals surface area contributed by atoms with Gasteiger partial charge in [0.05, 0.1) is 0 Å². The molecule has 2 rings (SSSR count). The Balaban J connectivity index is 1.90. The molecule has 2 N–H and O–H groups in total. The second-order valence-corrected chi connectivity index (χ2v) is 4.57. The van der Waals surface area contributed by atoms with E-state index in [1.54, 1.807) is 0 Å². The number of hydrogen-bond donors (Lipinski definition) is 1. The molecule has 0 bridgehead atoms. The number of halogens is 2. The molecular weight excluding hydrogens is 224 g/mol. The Kier molecular flexibility index (Phi) is 3.94. The number of benzene rings is 1. The fourth-order valence-electron chi connectivity index (χ4n) is 2.30. The molecule has 1 unspecified atom stereocenters. The fraction of sp³-hybridized carbons (Fsp3) is 0.538. The standard InChI is InChI=1S/C13H17F2NO/c14-10-6-3-7-12(13(10)15)17-8-11(16)9-4-1-2-5-9/h3,6-7,9,11H,1-2,4-5,8,16H2. The number of hydrogen-bond acceptors (Lipinski definition) is 2. The predicted molar refractivity (Wildman–Crippen MR) is 61.8 cm³/mol. The smallest absolute Gasteiger partial charge is 0.200 e. The Labute approximate surface area is 99.8 Å². The van der Waals surface area contributed by atoms with Gasteiger partial charge in [0.25, 0.3) is 0 Å². The van der Waals surface area contributed by atoms with E-state index in [0.717, 1.165) is 18.9 Å². The molecule has 1 aromatic rings. The van der Waals surface area contributed by atoms with Gasteiger partial charge in [0.2, 0.25) is 5.82 Å². The van der Waals surface area contributed by atoms with Gasteiger partial charge in [0.1, 0.15) is 6.61 Å². The van der Waals surface area contributed by atoms with Gasteiger partial charge in [-0.25, -0.2) is 4.39 Å². The Morgan fingerprint density at radius 2 is 2.00 bits per heavy atom. The third kappa shape index (κ3) is 2.94. The largest absolute Gasteiger partial charge is 0.489 e. The first kappa shape index (κ1) is 12.3. The van der Waals surface area contributed by atoms with Crippen LogP contribution >= 0.6 is 0 Å². The number of nitrogens with two attached hydrogens (primary N) is 1. The van der Waals surface area contributed by atoms with Crippen LogP contribution in [0.1, 0.15) is 25.7 Å². The lowest BCUT2D eigenvalue weighted by molar-refractivity contribution is 0.236. The highest BCUT2D eigenvalue weighted by molar-refractivity contribution is 5.25. The quantitative estimate of drug-likeness (QED) is 0.879. The monoisotopic (exact) mass is 241 g/mol. The topological polar surface area (TPSA) is 35.2 Å². The Bertz CT molecular complexity index is 378. The normalized spacial score (nSPS) is 18.3. The lowest BCUT2D eigenvalue weighted by atomic mass is 10.00. The van der Waals surface area contributed by atoms with Gasteiger partial charge < -0.3 is 10.5 Å². The van der Waals surface area contributed by atoms with Gasteiger partial charge in [-0.3, -0.25) is 0 Å². The first-order valence-corrected chi connectivity index (χ1v) is 6.01. The van der Waals surface area contributed by atoms with Gasteiger partial charge in [0.15, 0.2) is 11.6 Å². The van der Waals surface area contributed by atoms with E-state index in [0.29, 0.717) is 5.92 Å². The molecule has 0 aliphatic heterocycles. The lowest BCUT2D eigenvalue weighted by Gasteiger charge is -2.19. The van der Waals surface area contributed by atoms with Crippen LogP contribution in [0, 0.1) is 17.6 Å². The van der Waals surface area contributed by atoms with Crippen LogP contribution in [0.2, 0.25) is 0 Å². The summed E-state index contributed by atoms with van der Waals surface area (Å²) in [4.78, 5) is 0. The molecule has 0 saturated heterocycles. The van der Waals surface area contributed by atoms with Crippen molar-refractivity contribution < 1.29 is 13.5 Å². The van der Waals surface area contributed by atoms with Crippen molar-refractivity contribution in [1.82, 2.24) is 0 Å². The van der Waals surface area contributed by atoms with Gasteiger partial charge in [-0.2, -0.15) is 4.39 Å². The third-order valence-electron chi connectivity index (χ3n) is 3.35. The Morgan fingerprint density at radius 1 is 1.29 bits per heavy atom. The van der Waals surface area contributed by atoms with Crippen molar-refractivity contribution in [3.63, 3.8) is 0 Å². The summed E-state index contributed by atoms with van der Waals surface area (Å²) in [6.45, 7) is 0.241. The zero-order chi connectivity index (χ0) is 12.3. The minimum absolute atomic E-state index is 0.0570. The maximum Gasteiger partial charge on any atom is 0.200 e. The summed E-state index contributed by atoms with van der Waals surface area (Å²) in [6, 6.07) is 3.81. The molecule has 17 heavy (non-hydrogen) atoms. The predicted octanol–water partition coefficient (Wildman–Crippen LogP) is 2.86. The average molecular weight is 241 g/mol. The van der Waals surface area contributed by atoms with Crippen LogP contribution in [0.4, 0.5) is 8.78 Å². The number of rotatable bonds is 4.